The monoisotopic (exact) mass is 439 g/mol. The van der Waals surface area contributed by atoms with Gasteiger partial charge in [-0.2, -0.15) is 4.98 Å². The summed E-state index contributed by atoms with van der Waals surface area (Å²) in [6, 6.07) is 14.3. The standard InChI is InChI=1S/C21H22ClN7O2/c1-2-24-21(31)28-17-10-14(8-9-16(17)22)27-20-26-12-15(18(23)30)19(29-20)25-11-13-6-4-3-5-7-13/h3-10,12H,2,11H2,1H3,(H2,23,30)(H2,24,28,31)(H2,25,26,27,29). The van der Waals surface area contributed by atoms with Gasteiger partial charge in [0.25, 0.3) is 5.91 Å². The number of halogens is 1. The van der Waals surface area contributed by atoms with E-state index in [2.05, 4.69) is 31.2 Å². The van der Waals surface area contributed by atoms with Crippen LogP contribution in [-0.4, -0.2) is 28.5 Å². The van der Waals surface area contributed by atoms with Crippen LogP contribution >= 0.6 is 11.6 Å². The number of rotatable bonds is 8. The molecule has 0 aliphatic carbocycles. The summed E-state index contributed by atoms with van der Waals surface area (Å²) >= 11 is 6.16. The third-order valence-electron chi connectivity index (χ3n) is 4.17. The van der Waals surface area contributed by atoms with Crippen LogP contribution in [0.2, 0.25) is 5.02 Å². The number of hydrogen-bond donors (Lipinski definition) is 5. The molecule has 0 saturated carbocycles. The maximum atomic E-state index is 11.8. The van der Waals surface area contributed by atoms with Crippen LogP contribution in [0.25, 0.3) is 0 Å². The average molecular weight is 440 g/mol. The van der Waals surface area contributed by atoms with Gasteiger partial charge in [-0.3, -0.25) is 4.79 Å². The first-order valence-corrected chi connectivity index (χ1v) is 9.90. The van der Waals surface area contributed by atoms with E-state index in [9.17, 15) is 9.59 Å². The van der Waals surface area contributed by atoms with Crippen molar-refractivity contribution in [1.29, 1.82) is 0 Å². The minimum atomic E-state index is -0.637. The molecule has 3 aromatic rings. The van der Waals surface area contributed by atoms with Crippen molar-refractivity contribution in [2.45, 2.75) is 13.5 Å². The lowest BCUT2D eigenvalue weighted by molar-refractivity contribution is 0.100. The van der Waals surface area contributed by atoms with Crippen molar-refractivity contribution in [2.75, 3.05) is 22.5 Å². The molecule has 0 radical (unpaired) electrons. The lowest BCUT2D eigenvalue weighted by Crippen LogP contribution is -2.28. The number of nitrogens with two attached hydrogens (primary N) is 1. The van der Waals surface area contributed by atoms with Crippen LogP contribution in [0.5, 0.6) is 0 Å². The number of anilines is 4. The molecule has 0 aliphatic heterocycles. The molecular weight excluding hydrogens is 418 g/mol. The Morgan fingerprint density at radius 3 is 2.61 bits per heavy atom. The molecular formula is C21H22ClN7O2. The summed E-state index contributed by atoms with van der Waals surface area (Å²) in [6.07, 6.45) is 1.36. The largest absolute Gasteiger partial charge is 0.365 e. The van der Waals surface area contributed by atoms with Crippen molar-refractivity contribution in [3.63, 3.8) is 0 Å². The minimum absolute atomic E-state index is 0.177. The van der Waals surface area contributed by atoms with E-state index in [4.69, 9.17) is 17.3 Å². The molecule has 3 amide bonds. The van der Waals surface area contributed by atoms with Crippen LogP contribution in [-0.2, 0) is 6.54 Å². The number of carbonyl (C=O) groups is 2. The number of carbonyl (C=O) groups excluding carboxylic acids is 2. The molecule has 0 unspecified atom stereocenters. The van der Waals surface area contributed by atoms with E-state index < -0.39 is 5.91 Å². The van der Waals surface area contributed by atoms with Crippen LogP contribution in [0.4, 0.5) is 27.9 Å². The Labute approximate surface area is 184 Å². The van der Waals surface area contributed by atoms with E-state index in [0.717, 1.165) is 5.56 Å². The van der Waals surface area contributed by atoms with Crippen molar-refractivity contribution in [2.24, 2.45) is 5.73 Å². The molecule has 0 aliphatic rings. The molecule has 0 atom stereocenters. The lowest BCUT2D eigenvalue weighted by Gasteiger charge is -2.13. The van der Waals surface area contributed by atoms with Crippen LogP contribution in [0.15, 0.2) is 54.7 Å². The molecule has 31 heavy (non-hydrogen) atoms. The van der Waals surface area contributed by atoms with Gasteiger partial charge in [-0.25, -0.2) is 9.78 Å². The lowest BCUT2D eigenvalue weighted by atomic mass is 10.2. The van der Waals surface area contributed by atoms with E-state index in [-0.39, 0.29) is 17.5 Å². The molecule has 6 N–H and O–H groups in total. The molecule has 9 nitrogen and oxygen atoms in total. The fourth-order valence-corrected chi connectivity index (χ4v) is 2.86. The zero-order chi connectivity index (χ0) is 22.2. The molecule has 0 spiro atoms. The first kappa shape index (κ1) is 21.8. The van der Waals surface area contributed by atoms with E-state index in [0.29, 0.717) is 35.3 Å². The summed E-state index contributed by atoms with van der Waals surface area (Å²) in [5.41, 5.74) is 7.67. The Bertz CT molecular complexity index is 1080. The van der Waals surface area contributed by atoms with Gasteiger partial charge in [-0.1, -0.05) is 41.9 Å². The summed E-state index contributed by atoms with van der Waals surface area (Å²) in [6.45, 7) is 2.76. The number of urea groups is 1. The maximum Gasteiger partial charge on any atom is 0.319 e. The molecule has 0 bridgehead atoms. The summed E-state index contributed by atoms with van der Waals surface area (Å²) in [5.74, 6) is -0.0858. The fraction of sp³-hybridized carbons (Fsp3) is 0.143. The predicted molar refractivity (Wildman–Crippen MR) is 122 cm³/mol. The topological polar surface area (TPSA) is 134 Å². The molecule has 0 saturated heterocycles. The molecule has 2 aromatic carbocycles. The zero-order valence-corrected chi connectivity index (χ0v) is 17.5. The van der Waals surface area contributed by atoms with Crippen molar-refractivity contribution in [3.05, 3.63) is 70.9 Å². The number of primary amides is 1. The normalized spacial score (nSPS) is 10.3. The molecule has 0 fully saturated rings. The van der Waals surface area contributed by atoms with Gasteiger partial charge in [0, 0.05) is 25.0 Å². The number of nitrogens with zero attached hydrogens (tertiary/aromatic N) is 2. The highest BCUT2D eigenvalue weighted by Gasteiger charge is 2.13. The number of hydrogen-bond acceptors (Lipinski definition) is 6. The fourth-order valence-electron chi connectivity index (χ4n) is 2.69. The average Bonchev–Trinajstić information content (AvgIpc) is 2.75. The Kier molecular flexibility index (Phi) is 7.23. The second-order valence-electron chi connectivity index (χ2n) is 6.46. The number of aromatic nitrogens is 2. The van der Waals surface area contributed by atoms with Gasteiger partial charge in [0.2, 0.25) is 5.95 Å². The van der Waals surface area contributed by atoms with E-state index in [1.807, 2.05) is 37.3 Å². The highest BCUT2D eigenvalue weighted by Crippen LogP contribution is 2.27. The second kappa shape index (κ2) is 10.3. The van der Waals surface area contributed by atoms with Gasteiger partial charge >= 0.3 is 6.03 Å². The maximum absolute atomic E-state index is 11.8. The van der Waals surface area contributed by atoms with Gasteiger partial charge in [0.15, 0.2) is 0 Å². The van der Waals surface area contributed by atoms with Crippen LogP contribution in [0.3, 0.4) is 0 Å². The third kappa shape index (κ3) is 6.06. The van der Waals surface area contributed by atoms with Crippen LogP contribution in [0, 0.1) is 0 Å². The van der Waals surface area contributed by atoms with Gasteiger partial charge in [-0.15, -0.1) is 0 Å². The van der Waals surface area contributed by atoms with Crippen molar-refractivity contribution in [3.8, 4) is 0 Å². The number of nitrogens with one attached hydrogen (secondary N) is 4. The van der Waals surface area contributed by atoms with E-state index in [1.54, 1.807) is 18.2 Å². The predicted octanol–water partition coefficient (Wildman–Crippen LogP) is 3.73. The zero-order valence-electron chi connectivity index (χ0n) is 16.8. The van der Waals surface area contributed by atoms with Crippen molar-refractivity contribution in [1.82, 2.24) is 15.3 Å². The van der Waals surface area contributed by atoms with Gasteiger partial charge < -0.3 is 27.0 Å². The van der Waals surface area contributed by atoms with Crippen molar-refractivity contribution >= 4 is 46.7 Å². The highest BCUT2D eigenvalue weighted by molar-refractivity contribution is 6.33. The SMILES string of the molecule is CCNC(=O)Nc1cc(Nc2ncc(C(N)=O)c(NCc3ccccc3)n2)ccc1Cl. The van der Waals surface area contributed by atoms with Gasteiger partial charge in [0.05, 0.1) is 16.3 Å². The Hall–Kier alpha value is -3.85. The first-order chi connectivity index (χ1) is 15.0. The number of benzene rings is 2. The van der Waals surface area contributed by atoms with Crippen molar-refractivity contribution < 1.29 is 9.59 Å². The summed E-state index contributed by atoms with van der Waals surface area (Å²) in [4.78, 5) is 32.1. The Balaban J connectivity index is 1.80. The quantitative estimate of drug-likeness (QED) is 0.363. The van der Waals surface area contributed by atoms with E-state index in [1.165, 1.54) is 6.20 Å². The highest BCUT2D eigenvalue weighted by atomic mass is 35.5. The summed E-state index contributed by atoms with van der Waals surface area (Å²) < 4.78 is 0. The third-order valence-corrected chi connectivity index (χ3v) is 4.49. The molecule has 1 aromatic heterocycles. The van der Waals surface area contributed by atoms with E-state index >= 15 is 0 Å². The second-order valence-corrected chi connectivity index (χ2v) is 6.87. The van der Waals surface area contributed by atoms with Crippen LogP contribution < -0.4 is 27.0 Å². The molecule has 3 rings (SSSR count). The molecule has 10 heteroatoms. The van der Waals surface area contributed by atoms with Crippen LogP contribution in [0.1, 0.15) is 22.8 Å². The van der Waals surface area contributed by atoms with Gasteiger partial charge in [-0.05, 0) is 30.7 Å². The Morgan fingerprint density at radius 1 is 1.13 bits per heavy atom. The molecule has 1 heterocycles. The summed E-state index contributed by atoms with van der Waals surface area (Å²) in [7, 11) is 0. The summed E-state index contributed by atoms with van der Waals surface area (Å²) in [5, 5.41) is 11.8. The Morgan fingerprint density at radius 2 is 1.90 bits per heavy atom. The van der Waals surface area contributed by atoms with Gasteiger partial charge in [0.1, 0.15) is 5.82 Å². The number of amides is 3. The smallest absolute Gasteiger partial charge is 0.319 e. The minimum Gasteiger partial charge on any atom is -0.365 e. The molecule has 160 valence electrons. The first-order valence-electron chi connectivity index (χ1n) is 9.52.